The van der Waals surface area contributed by atoms with Crippen LogP contribution in [0.4, 0.5) is 11.5 Å². The Hall–Kier alpha value is -2.56. The highest BCUT2D eigenvalue weighted by molar-refractivity contribution is 6.07. The molecule has 1 aromatic heterocycles. The maximum Gasteiger partial charge on any atom is 0.259 e. The van der Waals surface area contributed by atoms with Crippen LogP contribution in [0.5, 0.6) is 5.75 Å². The number of rotatable bonds is 3. The number of pyridine rings is 1. The summed E-state index contributed by atoms with van der Waals surface area (Å²) in [7, 11) is 3.65. The van der Waals surface area contributed by atoms with Gasteiger partial charge in [-0.05, 0) is 24.3 Å². The molecule has 0 aliphatic rings. The first-order valence-corrected chi connectivity index (χ1v) is 5.80. The molecule has 5 nitrogen and oxygen atoms in total. The van der Waals surface area contributed by atoms with Gasteiger partial charge >= 0.3 is 0 Å². The minimum atomic E-state index is -0.262. The van der Waals surface area contributed by atoms with Crippen molar-refractivity contribution < 1.29 is 9.90 Å². The number of carbonyl (C=O) groups excluding carboxylic acids is 1. The normalized spacial score (nSPS) is 10.0. The lowest BCUT2D eigenvalue weighted by molar-refractivity contribution is 0.102. The molecule has 0 atom stereocenters. The molecular weight excluding hydrogens is 242 g/mol. The van der Waals surface area contributed by atoms with Crippen molar-refractivity contribution in [2.75, 3.05) is 24.3 Å². The van der Waals surface area contributed by atoms with E-state index in [-0.39, 0.29) is 11.7 Å². The quantitative estimate of drug-likeness (QED) is 0.883. The third-order valence-corrected chi connectivity index (χ3v) is 2.56. The molecule has 0 unspecified atom stereocenters. The smallest absolute Gasteiger partial charge is 0.259 e. The highest BCUT2D eigenvalue weighted by Gasteiger charge is 2.13. The van der Waals surface area contributed by atoms with Gasteiger partial charge in [0.05, 0.1) is 5.56 Å². The molecule has 0 aliphatic heterocycles. The van der Waals surface area contributed by atoms with Gasteiger partial charge in [0.15, 0.2) is 0 Å². The maximum atomic E-state index is 12.2. The zero-order valence-electron chi connectivity index (χ0n) is 10.8. The van der Waals surface area contributed by atoms with Gasteiger partial charge in [-0.25, -0.2) is 4.98 Å². The molecule has 1 heterocycles. The van der Waals surface area contributed by atoms with Crippen molar-refractivity contribution in [2.45, 2.75) is 0 Å². The van der Waals surface area contributed by atoms with Crippen molar-refractivity contribution in [3.8, 4) is 5.75 Å². The molecule has 5 heteroatoms. The van der Waals surface area contributed by atoms with E-state index in [1.165, 1.54) is 6.07 Å². The monoisotopic (exact) mass is 257 g/mol. The number of phenolic OH excluding ortho intramolecular Hbond substituents is 1. The fraction of sp³-hybridized carbons (Fsp3) is 0.143. The summed E-state index contributed by atoms with van der Waals surface area (Å²) in [5, 5.41) is 12.1. The number of hydrogen-bond donors (Lipinski definition) is 2. The van der Waals surface area contributed by atoms with Crippen LogP contribution < -0.4 is 10.2 Å². The highest BCUT2D eigenvalue weighted by Crippen LogP contribution is 2.19. The van der Waals surface area contributed by atoms with Crippen molar-refractivity contribution in [2.24, 2.45) is 0 Å². The van der Waals surface area contributed by atoms with Crippen LogP contribution in [0.25, 0.3) is 0 Å². The second-order valence-corrected chi connectivity index (χ2v) is 4.27. The van der Waals surface area contributed by atoms with E-state index in [1.807, 2.05) is 14.1 Å². The van der Waals surface area contributed by atoms with Crippen LogP contribution in [0.15, 0.2) is 42.6 Å². The van der Waals surface area contributed by atoms with E-state index in [0.717, 1.165) is 0 Å². The van der Waals surface area contributed by atoms with Crippen LogP contribution in [0, 0.1) is 0 Å². The zero-order valence-corrected chi connectivity index (χ0v) is 10.8. The maximum absolute atomic E-state index is 12.2. The SMILES string of the molecule is CN(C)c1ncccc1C(=O)Nc1cccc(O)c1. The zero-order chi connectivity index (χ0) is 13.8. The average Bonchev–Trinajstić information content (AvgIpc) is 2.38. The van der Waals surface area contributed by atoms with Crippen molar-refractivity contribution in [1.29, 1.82) is 0 Å². The number of carbonyl (C=O) groups is 1. The number of phenols is 1. The summed E-state index contributed by atoms with van der Waals surface area (Å²) in [6.07, 6.45) is 1.64. The second kappa shape index (κ2) is 5.39. The van der Waals surface area contributed by atoms with Crippen LogP contribution in [-0.2, 0) is 0 Å². The van der Waals surface area contributed by atoms with Crippen molar-refractivity contribution in [1.82, 2.24) is 4.98 Å². The summed E-state index contributed by atoms with van der Waals surface area (Å²) in [5.74, 6) is 0.444. The minimum absolute atomic E-state index is 0.108. The minimum Gasteiger partial charge on any atom is -0.508 e. The lowest BCUT2D eigenvalue weighted by Crippen LogP contribution is -2.19. The molecule has 0 saturated heterocycles. The summed E-state index contributed by atoms with van der Waals surface area (Å²) < 4.78 is 0. The number of aromatic nitrogens is 1. The van der Waals surface area contributed by atoms with Gasteiger partial charge in [0, 0.05) is 32.0 Å². The third kappa shape index (κ3) is 3.01. The van der Waals surface area contributed by atoms with Crippen molar-refractivity contribution in [3.63, 3.8) is 0 Å². The molecule has 2 N–H and O–H groups in total. The number of nitrogens with zero attached hydrogens (tertiary/aromatic N) is 2. The standard InChI is InChI=1S/C14H15N3O2/c1-17(2)13-12(7-4-8-15-13)14(19)16-10-5-3-6-11(18)9-10/h3-9,18H,1-2H3,(H,16,19). The second-order valence-electron chi connectivity index (χ2n) is 4.27. The molecule has 98 valence electrons. The van der Waals surface area contributed by atoms with E-state index in [9.17, 15) is 9.90 Å². The summed E-state index contributed by atoms with van der Waals surface area (Å²) in [5.41, 5.74) is 1.02. The Labute approximate surface area is 111 Å². The summed E-state index contributed by atoms with van der Waals surface area (Å²) >= 11 is 0. The fourth-order valence-corrected chi connectivity index (χ4v) is 1.71. The van der Waals surface area contributed by atoms with Gasteiger partial charge in [0.2, 0.25) is 0 Å². The lowest BCUT2D eigenvalue weighted by Gasteiger charge is -2.15. The van der Waals surface area contributed by atoms with Crippen LogP contribution in [0.1, 0.15) is 10.4 Å². The number of aromatic hydroxyl groups is 1. The average molecular weight is 257 g/mol. The number of amides is 1. The molecule has 1 amide bonds. The number of hydrogen-bond acceptors (Lipinski definition) is 4. The first-order chi connectivity index (χ1) is 9.08. The molecular formula is C14H15N3O2. The van der Waals surface area contributed by atoms with Crippen molar-refractivity contribution >= 4 is 17.4 Å². The van der Waals surface area contributed by atoms with Gasteiger partial charge in [-0.15, -0.1) is 0 Å². The van der Waals surface area contributed by atoms with E-state index < -0.39 is 0 Å². The Kier molecular flexibility index (Phi) is 3.66. The highest BCUT2D eigenvalue weighted by atomic mass is 16.3. The third-order valence-electron chi connectivity index (χ3n) is 2.56. The van der Waals surface area contributed by atoms with Crippen LogP contribution in [0.3, 0.4) is 0 Å². The fourth-order valence-electron chi connectivity index (χ4n) is 1.71. The van der Waals surface area contributed by atoms with Gasteiger partial charge in [0.1, 0.15) is 11.6 Å². The molecule has 0 fully saturated rings. The van der Waals surface area contributed by atoms with Gasteiger partial charge in [0.25, 0.3) is 5.91 Å². The molecule has 19 heavy (non-hydrogen) atoms. The predicted molar refractivity (Wildman–Crippen MR) is 74.6 cm³/mol. The van der Waals surface area contributed by atoms with Crippen LogP contribution in [-0.4, -0.2) is 30.1 Å². The van der Waals surface area contributed by atoms with Gasteiger partial charge in [-0.2, -0.15) is 0 Å². The Balaban J connectivity index is 2.25. The predicted octanol–water partition coefficient (Wildman–Crippen LogP) is 2.11. The van der Waals surface area contributed by atoms with Crippen LogP contribution >= 0.6 is 0 Å². The van der Waals surface area contributed by atoms with E-state index in [0.29, 0.717) is 17.1 Å². The Morgan fingerprint density at radius 1 is 1.26 bits per heavy atom. The molecule has 0 spiro atoms. The molecule has 0 radical (unpaired) electrons. The lowest BCUT2D eigenvalue weighted by atomic mass is 10.2. The largest absolute Gasteiger partial charge is 0.508 e. The van der Waals surface area contributed by atoms with Gasteiger partial charge in [-0.1, -0.05) is 6.07 Å². The summed E-state index contributed by atoms with van der Waals surface area (Å²) in [6.45, 7) is 0. The number of anilines is 2. The number of nitrogens with one attached hydrogen (secondary N) is 1. The molecule has 2 aromatic rings. The van der Waals surface area contributed by atoms with Gasteiger partial charge < -0.3 is 15.3 Å². The first-order valence-electron chi connectivity index (χ1n) is 5.80. The molecule has 0 aliphatic carbocycles. The summed E-state index contributed by atoms with van der Waals surface area (Å²) in [6, 6.07) is 9.84. The van der Waals surface area contributed by atoms with E-state index in [4.69, 9.17) is 0 Å². The Bertz CT molecular complexity index is 597. The molecule has 1 aromatic carbocycles. The Morgan fingerprint density at radius 3 is 2.74 bits per heavy atom. The molecule has 2 rings (SSSR count). The van der Waals surface area contributed by atoms with Crippen LogP contribution in [0.2, 0.25) is 0 Å². The van der Waals surface area contributed by atoms with E-state index >= 15 is 0 Å². The van der Waals surface area contributed by atoms with Gasteiger partial charge in [-0.3, -0.25) is 4.79 Å². The molecule has 0 bridgehead atoms. The molecule has 0 saturated carbocycles. The first kappa shape index (κ1) is 12.9. The topological polar surface area (TPSA) is 65.5 Å². The number of benzene rings is 1. The van der Waals surface area contributed by atoms with Crippen molar-refractivity contribution in [3.05, 3.63) is 48.2 Å². The Morgan fingerprint density at radius 2 is 2.05 bits per heavy atom. The summed E-state index contributed by atoms with van der Waals surface area (Å²) in [4.78, 5) is 18.1. The van der Waals surface area contributed by atoms with E-state index in [1.54, 1.807) is 41.4 Å². The van der Waals surface area contributed by atoms with E-state index in [2.05, 4.69) is 10.3 Å².